The number of urea groups is 1. The molecule has 1 atom stereocenters. The molecule has 8 heteroatoms. The molecule has 2 aromatic heterocycles. The van der Waals surface area contributed by atoms with E-state index in [1.54, 1.807) is 64.3 Å². The zero-order chi connectivity index (χ0) is 25.1. The molecule has 3 aromatic carbocycles. The lowest BCUT2D eigenvalue weighted by Crippen LogP contribution is -2.39. The number of hydrogen-bond donors (Lipinski definition) is 1. The molecule has 1 N–H and O–H groups in total. The van der Waals surface area contributed by atoms with Gasteiger partial charge < -0.3 is 14.6 Å². The van der Waals surface area contributed by atoms with Crippen molar-refractivity contribution in [3.63, 3.8) is 0 Å². The Hall–Kier alpha value is -4.36. The van der Waals surface area contributed by atoms with Crippen molar-refractivity contribution >= 4 is 34.2 Å². The topological polar surface area (TPSA) is 80.4 Å². The summed E-state index contributed by atoms with van der Waals surface area (Å²) in [6.07, 6.45) is 1.56. The van der Waals surface area contributed by atoms with Gasteiger partial charge in [0.2, 0.25) is 0 Å². The molecule has 0 aliphatic heterocycles. The molecule has 7 nitrogen and oxygen atoms in total. The van der Waals surface area contributed by atoms with Crippen molar-refractivity contribution in [1.29, 1.82) is 0 Å². The predicted octanol–water partition coefficient (Wildman–Crippen LogP) is 6.43. The number of para-hydroxylation sites is 2. The lowest BCUT2D eigenvalue weighted by atomic mass is 10.2. The van der Waals surface area contributed by atoms with Gasteiger partial charge in [-0.1, -0.05) is 41.9 Å². The minimum absolute atomic E-state index is 0.172. The first-order valence-corrected chi connectivity index (χ1v) is 11.8. The first-order chi connectivity index (χ1) is 17.5. The average Bonchev–Trinajstić information content (AvgIpc) is 3.42. The van der Waals surface area contributed by atoms with Crippen LogP contribution in [-0.2, 0) is 6.54 Å². The molecular formula is C28H23ClN4O3. The van der Waals surface area contributed by atoms with Crippen molar-refractivity contribution < 1.29 is 9.21 Å². The van der Waals surface area contributed by atoms with Crippen LogP contribution in [-0.4, -0.2) is 20.5 Å². The number of furan rings is 1. The summed E-state index contributed by atoms with van der Waals surface area (Å²) in [6, 6.07) is 26.0. The fourth-order valence-electron chi connectivity index (χ4n) is 4.08. The second-order valence-electron chi connectivity index (χ2n) is 8.28. The number of fused-ring (bicyclic) bond motifs is 1. The van der Waals surface area contributed by atoms with Gasteiger partial charge in [-0.3, -0.25) is 9.36 Å². The number of rotatable bonds is 6. The van der Waals surface area contributed by atoms with Crippen molar-refractivity contribution in [2.45, 2.75) is 19.5 Å². The second-order valence-corrected chi connectivity index (χ2v) is 8.72. The third-order valence-electron chi connectivity index (χ3n) is 5.92. The molecule has 36 heavy (non-hydrogen) atoms. The lowest BCUT2D eigenvalue weighted by Gasteiger charge is -2.30. The molecule has 0 aliphatic rings. The summed E-state index contributed by atoms with van der Waals surface area (Å²) in [5.74, 6) is 1.03. The molecule has 0 radical (unpaired) electrons. The van der Waals surface area contributed by atoms with Crippen LogP contribution in [0.15, 0.2) is 106 Å². The largest absolute Gasteiger partial charge is 0.467 e. The number of aromatic nitrogens is 2. The van der Waals surface area contributed by atoms with Crippen LogP contribution in [0, 0.1) is 0 Å². The number of nitrogens with zero attached hydrogens (tertiary/aromatic N) is 3. The number of amides is 2. The van der Waals surface area contributed by atoms with Gasteiger partial charge in [0.25, 0.3) is 5.56 Å². The van der Waals surface area contributed by atoms with Crippen molar-refractivity contribution in [2.75, 3.05) is 5.32 Å². The van der Waals surface area contributed by atoms with Gasteiger partial charge in [-0.05, 0) is 67.6 Å². The summed E-state index contributed by atoms with van der Waals surface area (Å²) >= 11 is 6.00. The fourth-order valence-corrected chi connectivity index (χ4v) is 4.21. The van der Waals surface area contributed by atoms with Gasteiger partial charge in [-0.2, -0.15) is 0 Å². The van der Waals surface area contributed by atoms with E-state index in [0.717, 1.165) is 0 Å². The molecule has 5 aromatic rings. The van der Waals surface area contributed by atoms with Gasteiger partial charge in [-0.25, -0.2) is 9.78 Å². The van der Waals surface area contributed by atoms with Crippen molar-refractivity contribution in [1.82, 2.24) is 14.5 Å². The SMILES string of the molecule is CC(c1nc2ccccc2c(=O)n1-c1ccccc1)N(Cc1ccco1)C(=O)Nc1ccc(Cl)cc1. The van der Waals surface area contributed by atoms with E-state index in [-0.39, 0.29) is 18.1 Å². The molecule has 180 valence electrons. The molecule has 5 rings (SSSR count). The molecule has 0 bridgehead atoms. The van der Waals surface area contributed by atoms with E-state index in [0.29, 0.717) is 38.9 Å². The van der Waals surface area contributed by atoms with Gasteiger partial charge in [-0.15, -0.1) is 0 Å². The normalized spacial score (nSPS) is 11.8. The van der Waals surface area contributed by atoms with Crippen LogP contribution in [0.2, 0.25) is 5.02 Å². The molecule has 2 amide bonds. The van der Waals surface area contributed by atoms with Crippen LogP contribution in [0.25, 0.3) is 16.6 Å². The zero-order valence-electron chi connectivity index (χ0n) is 19.5. The quantitative estimate of drug-likeness (QED) is 0.292. The van der Waals surface area contributed by atoms with E-state index in [4.69, 9.17) is 21.0 Å². The van der Waals surface area contributed by atoms with E-state index < -0.39 is 6.04 Å². The molecule has 0 saturated carbocycles. The number of halogens is 1. The predicted molar refractivity (Wildman–Crippen MR) is 140 cm³/mol. The minimum atomic E-state index is -0.597. The maximum atomic E-state index is 13.7. The third-order valence-corrected chi connectivity index (χ3v) is 6.17. The summed E-state index contributed by atoms with van der Waals surface area (Å²) in [7, 11) is 0. The van der Waals surface area contributed by atoms with Crippen LogP contribution >= 0.6 is 11.6 Å². The van der Waals surface area contributed by atoms with E-state index in [9.17, 15) is 9.59 Å². The Bertz CT molecular complexity index is 1550. The summed E-state index contributed by atoms with van der Waals surface area (Å²) in [5, 5.41) is 3.99. The molecule has 0 saturated heterocycles. The Morgan fingerprint density at radius 1 is 1.00 bits per heavy atom. The van der Waals surface area contributed by atoms with E-state index in [1.165, 1.54) is 0 Å². The van der Waals surface area contributed by atoms with Crippen molar-refractivity contribution in [3.8, 4) is 5.69 Å². The Kier molecular flexibility index (Phi) is 6.56. The summed E-state index contributed by atoms with van der Waals surface area (Å²) in [6.45, 7) is 2.02. The highest BCUT2D eigenvalue weighted by molar-refractivity contribution is 6.30. The van der Waals surface area contributed by atoms with Crippen molar-refractivity contribution in [2.24, 2.45) is 0 Å². The molecule has 0 fully saturated rings. The third kappa shape index (κ3) is 4.74. The van der Waals surface area contributed by atoms with Gasteiger partial charge in [0.15, 0.2) is 0 Å². The lowest BCUT2D eigenvalue weighted by molar-refractivity contribution is 0.179. The smallest absolute Gasteiger partial charge is 0.322 e. The summed E-state index contributed by atoms with van der Waals surface area (Å²) in [4.78, 5) is 33.7. The molecule has 0 aliphatic carbocycles. The van der Waals surface area contributed by atoms with Crippen LogP contribution < -0.4 is 10.9 Å². The highest BCUT2D eigenvalue weighted by Gasteiger charge is 2.28. The van der Waals surface area contributed by atoms with Gasteiger partial charge in [0, 0.05) is 10.7 Å². The standard InChI is InChI=1S/C28H23ClN4O3/c1-19(32(18-23-10-7-17-36-23)28(35)30-21-15-13-20(29)14-16-21)26-31-25-12-6-5-11-24(25)27(34)33(26)22-8-3-2-4-9-22/h2-17,19H,18H2,1H3,(H,30,35). The molecule has 0 spiro atoms. The van der Waals surface area contributed by atoms with Gasteiger partial charge in [0.1, 0.15) is 11.6 Å². The van der Waals surface area contributed by atoms with Gasteiger partial charge in [0.05, 0.1) is 35.4 Å². The maximum absolute atomic E-state index is 13.7. The van der Waals surface area contributed by atoms with Crippen LogP contribution in [0.5, 0.6) is 0 Å². The Morgan fingerprint density at radius 2 is 1.72 bits per heavy atom. The van der Waals surface area contributed by atoms with Crippen molar-refractivity contribution in [3.05, 3.63) is 124 Å². The average molecular weight is 499 g/mol. The number of carbonyl (C=O) groups excluding carboxylic acids is 1. The number of carbonyl (C=O) groups is 1. The number of hydrogen-bond acceptors (Lipinski definition) is 4. The van der Waals surface area contributed by atoms with Crippen LogP contribution in [0.1, 0.15) is 24.6 Å². The van der Waals surface area contributed by atoms with E-state index >= 15 is 0 Å². The van der Waals surface area contributed by atoms with Gasteiger partial charge >= 0.3 is 6.03 Å². The highest BCUT2D eigenvalue weighted by atomic mass is 35.5. The minimum Gasteiger partial charge on any atom is -0.467 e. The van der Waals surface area contributed by atoms with E-state index in [2.05, 4.69) is 5.32 Å². The number of benzene rings is 3. The Balaban J connectivity index is 1.62. The Labute approximate surface area is 212 Å². The highest BCUT2D eigenvalue weighted by Crippen LogP contribution is 2.26. The van der Waals surface area contributed by atoms with Crippen LogP contribution in [0.3, 0.4) is 0 Å². The Morgan fingerprint density at radius 3 is 2.44 bits per heavy atom. The molecule has 2 heterocycles. The van der Waals surface area contributed by atoms with E-state index in [1.807, 2.05) is 49.4 Å². The molecule has 1 unspecified atom stereocenters. The monoisotopic (exact) mass is 498 g/mol. The maximum Gasteiger partial charge on any atom is 0.322 e. The summed E-state index contributed by atoms with van der Waals surface area (Å²) in [5.41, 5.74) is 1.61. The first kappa shape index (κ1) is 23.4. The molecular weight excluding hydrogens is 476 g/mol. The fraction of sp³-hybridized carbons (Fsp3) is 0.107. The number of nitrogens with one attached hydrogen (secondary N) is 1. The number of anilines is 1. The second kappa shape index (κ2) is 10.1. The first-order valence-electron chi connectivity index (χ1n) is 11.4. The summed E-state index contributed by atoms with van der Waals surface area (Å²) < 4.78 is 7.11. The zero-order valence-corrected chi connectivity index (χ0v) is 20.2. The van der Waals surface area contributed by atoms with Crippen LogP contribution in [0.4, 0.5) is 10.5 Å².